The Kier molecular flexibility index (Phi) is 7.26. The molecule has 0 saturated carbocycles. The zero-order valence-corrected chi connectivity index (χ0v) is 14.7. The number of esters is 1. The number of carbonyl (C=O) groups is 1. The number of aromatic nitrogens is 2. The molecule has 2 N–H and O–H groups in total. The molecule has 0 spiro atoms. The number of pyridine rings is 2. The number of rotatable bonds is 2. The van der Waals surface area contributed by atoms with E-state index in [1.54, 1.807) is 30.5 Å². The number of halogens is 2. The Hall–Kier alpha value is -1.85. The molecule has 0 aliphatic rings. The van der Waals surface area contributed by atoms with Crippen molar-refractivity contribution in [1.82, 2.24) is 9.97 Å². The fourth-order valence-electron chi connectivity index (χ4n) is 1.44. The first-order valence-electron chi connectivity index (χ1n) is 6.85. The Balaban J connectivity index is 0.000000277. The number of hydrogen-bond donors (Lipinski definition) is 1. The molecular formula is C16H19Cl2N3O2. The minimum atomic E-state index is -0.447. The molecule has 0 amide bonds. The van der Waals surface area contributed by atoms with E-state index in [4.69, 9.17) is 33.7 Å². The summed E-state index contributed by atoms with van der Waals surface area (Å²) < 4.78 is 5.17. The van der Waals surface area contributed by atoms with Crippen LogP contribution in [0.2, 0.25) is 10.3 Å². The SMILES string of the molecule is CC(C)(C)OC(=O)Cc1ccc(Cl)nc1.Nc1ccc(Cl)nc1. The third-order valence-corrected chi connectivity index (χ3v) is 2.75. The van der Waals surface area contributed by atoms with Gasteiger partial charge < -0.3 is 10.5 Å². The average molecular weight is 356 g/mol. The lowest BCUT2D eigenvalue weighted by atomic mass is 10.2. The number of hydrogen-bond acceptors (Lipinski definition) is 5. The van der Waals surface area contributed by atoms with Gasteiger partial charge in [-0.2, -0.15) is 0 Å². The summed E-state index contributed by atoms with van der Waals surface area (Å²) in [5, 5.41) is 0.891. The van der Waals surface area contributed by atoms with Crippen LogP contribution in [0.3, 0.4) is 0 Å². The standard InChI is InChI=1S/C11H14ClNO2.C5H5ClN2/c1-11(2,3)15-10(14)6-8-4-5-9(12)13-7-8;6-5-2-1-4(7)3-8-5/h4-5,7H,6H2,1-3H3;1-3H,7H2. The summed E-state index contributed by atoms with van der Waals surface area (Å²) in [4.78, 5) is 19.0. The molecule has 0 aromatic carbocycles. The van der Waals surface area contributed by atoms with E-state index < -0.39 is 5.60 Å². The maximum absolute atomic E-state index is 11.4. The minimum Gasteiger partial charge on any atom is -0.460 e. The van der Waals surface area contributed by atoms with Gasteiger partial charge in [-0.15, -0.1) is 0 Å². The largest absolute Gasteiger partial charge is 0.460 e. The van der Waals surface area contributed by atoms with E-state index in [0.29, 0.717) is 16.0 Å². The average Bonchev–Trinajstić information content (AvgIpc) is 2.43. The van der Waals surface area contributed by atoms with Crippen LogP contribution >= 0.6 is 23.2 Å². The molecule has 23 heavy (non-hydrogen) atoms. The second-order valence-electron chi connectivity index (χ2n) is 5.67. The Morgan fingerprint density at radius 3 is 2.04 bits per heavy atom. The summed E-state index contributed by atoms with van der Waals surface area (Å²) in [7, 11) is 0. The molecule has 2 aromatic rings. The van der Waals surface area contributed by atoms with Crippen LogP contribution in [0.1, 0.15) is 26.3 Å². The quantitative estimate of drug-likeness (QED) is 0.651. The molecule has 5 nitrogen and oxygen atoms in total. The van der Waals surface area contributed by atoms with Crippen LogP contribution in [0, 0.1) is 0 Å². The van der Waals surface area contributed by atoms with Crippen molar-refractivity contribution in [1.29, 1.82) is 0 Å². The molecule has 2 aromatic heterocycles. The van der Waals surface area contributed by atoms with Crippen molar-refractivity contribution >= 4 is 34.9 Å². The van der Waals surface area contributed by atoms with Gasteiger partial charge in [-0.25, -0.2) is 9.97 Å². The van der Waals surface area contributed by atoms with E-state index in [0.717, 1.165) is 5.56 Å². The van der Waals surface area contributed by atoms with E-state index in [-0.39, 0.29) is 12.4 Å². The summed E-state index contributed by atoms with van der Waals surface area (Å²) in [6.45, 7) is 5.51. The first-order chi connectivity index (χ1) is 10.7. The smallest absolute Gasteiger partial charge is 0.310 e. The Bertz CT molecular complexity index is 602. The molecule has 2 heterocycles. The highest BCUT2D eigenvalue weighted by Crippen LogP contribution is 2.11. The molecule has 124 valence electrons. The Morgan fingerprint density at radius 1 is 1.09 bits per heavy atom. The molecule has 0 saturated heterocycles. The molecule has 0 fully saturated rings. The van der Waals surface area contributed by atoms with E-state index >= 15 is 0 Å². The maximum atomic E-state index is 11.4. The molecule has 2 rings (SSSR count). The van der Waals surface area contributed by atoms with Crippen molar-refractivity contribution in [3.05, 3.63) is 52.5 Å². The van der Waals surface area contributed by atoms with Crippen molar-refractivity contribution in [2.75, 3.05) is 5.73 Å². The van der Waals surface area contributed by atoms with Crippen LogP contribution in [-0.4, -0.2) is 21.5 Å². The van der Waals surface area contributed by atoms with Gasteiger partial charge in [0.25, 0.3) is 0 Å². The Labute approximate surface area is 145 Å². The van der Waals surface area contributed by atoms with Crippen LogP contribution in [0.15, 0.2) is 36.7 Å². The minimum absolute atomic E-state index is 0.224. The third kappa shape index (κ3) is 9.01. The number of nitrogens with zero attached hydrogens (tertiary/aromatic N) is 2. The van der Waals surface area contributed by atoms with Gasteiger partial charge in [0, 0.05) is 6.20 Å². The second-order valence-corrected chi connectivity index (χ2v) is 6.44. The first-order valence-corrected chi connectivity index (χ1v) is 7.60. The molecule has 0 atom stereocenters. The molecular weight excluding hydrogens is 337 g/mol. The highest BCUT2D eigenvalue weighted by Gasteiger charge is 2.16. The summed E-state index contributed by atoms with van der Waals surface area (Å²) >= 11 is 11.1. The predicted molar refractivity (Wildman–Crippen MR) is 92.5 cm³/mol. The maximum Gasteiger partial charge on any atom is 0.310 e. The topological polar surface area (TPSA) is 78.1 Å². The van der Waals surface area contributed by atoms with Gasteiger partial charge in [-0.1, -0.05) is 29.3 Å². The third-order valence-electron chi connectivity index (χ3n) is 2.31. The number of ether oxygens (including phenoxy) is 1. The number of carbonyl (C=O) groups excluding carboxylic acids is 1. The van der Waals surface area contributed by atoms with Crippen molar-refractivity contribution < 1.29 is 9.53 Å². The van der Waals surface area contributed by atoms with E-state index in [2.05, 4.69) is 9.97 Å². The fraction of sp³-hybridized carbons (Fsp3) is 0.312. The number of nitrogen functional groups attached to an aromatic ring is 1. The predicted octanol–water partition coefficient (Wildman–Crippen LogP) is 3.94. The number of anilines is 1. The van der Waals surface area contributed by atoms with Crippen LogP contribution in [0.25, 0.3) is 0 Å². The first kappa shape index (κ1) is 19.2. The van der Waals surface area contributed by atoms with Gasteiger partial charge in [-0.3, -0.25) is 4.79 Å². The van der Waals surface area contributed by atoms with E-state index in [9.17, 15) is 4.79 Å². The lowest BCUT2D eigenvalue weighted by Crippen LogP contribution is -2.24. The van der Waals surface area contributed by atoms with Gasteiger partial charge in [0.15, 0.2) is 0 Å². The molecule has 0 aliphatic carbocycles. The zero-order valence-electron chi connectivity index (χ0n) is 13.2. The van der Waals surface area contributed by atoms with Crippen LogP contribution < -0.4 is 5.73 Å². The molecule has 0 aliphatic heterocycles. The second kappa shape index (κ2) is 8.70. The van der Waals surface area contributed by atoms with Gasteiger partial charge in [0.2, 0.25) is 0 Å². The number of nitrogens with two attached hydrogens (primary N) is 1. The lowest BCUT2D eigenvalue weighted by Gasteiger charge is -2.19. The Morgan fingerprint density at radius 2 is 1.65 bits per heavy atom. The van der Waals surface area contributed by atoms with E-state index in [1.165, 1.54) is 6.20 Å². The summed E-state index contributed by atoms with van der Waals surface area (Å²) in [6.07, 6.45) is 3.32. The summed E-state index contributed by atoms with van der Waals surface area (Å²) in [5.74, 6) is -0.258. The molecule has 0 unspecified atom stereocenters. The van der Waals surface area contributed by atoms with Crippen molar-refractivity contribution in [3.63, 3.8) is 0 Å². The van der Waals surface area contributed by atoms with Crippen LogP contribution in [0.4, 0.5) is 5.69 Å². The fourth-order valence-corrected chi connectivity index (χ4v) is 1.67. The zero-order chi connectivity index (χ0) is 17.5. The van der Waals surface area contributed by atoms with Crippen molar-refractivity contribution in [3.8, 4) is 0 Å². The van der Waals surface area contributed by atoms with Crippen molar-refractivity contribution in [2.45, 2.75) is 32.8 Å². The lowest BCUT2D eigenvalue weighted by molar-refractivity contribution is -0.153. The molecule has 0 radical (unpaired) electrons. The summed E-state index contributed by atoms with van der Waals surface area (Å²) in [6, 6.07) is 6.77. The van der Waals surface area contributed by atoms with Crippen LogP contribution in [-0.2, 0) is 16.0 Å². The van der Waals surface area contributed by atoms with Gasteiger partial charge >= 0.3 is 5.97 Å². The van der Waals surface area contributed by atoms with Crippen molar-refractivity contribution in [2.24, 2.45) is 0 Å². The van der Waals surface area contributed by atoms with Gasteiger partial charge in [0.1, 0.15) is 15.9 Å². The van der Waals surface area contributed by atoms with Crippen LogP contribution in [0.5, 0.6) is 0 Å². The van der Waals surface area contributed by atoms with Gasteiger partial charge in [-0.05, 0) is 44.5 Å². The monoisotopic (exact) mass is 355 g/mol. The van der Waals surface area contributed by atoms with E-state index in [1.807, 2.05) is 20.8 Å². The summed E-state index contributed by atoms with van der Waals surface area (Å²) in [5.41, 5.74) is 6.29. The normalized spacial score (nSPS) is 10.5. The highest BCUT2D eigenvalue weighted by molar-refractivity contribution is 6.29. The highest BCUT2D eigenvalue weighted by atomic mass is 35.5. The molecule has 7 heteroatoms. The van der Waals surface area contributed by atoms with Gasteiger partial charge in [0.05, 0.1) is 18.3 Å². The molecule has 0 bridgehead atoms.